The lowest BCUT2D eigenvalue weighted by molar-refractivity contribution is -0.132. The number of aromatic hydroxyl groups is 1. The molecule has 1 heterocycles. The van der Waals surface area contributed by atoms with Gasteiger partial charge in [0, 0.05) is 11.8 Å². The predicted octanol–water partition coefficient (Wildman–Crippen LogP) is 5.27. The number of aliphatic hydroxyl groups excluding tert-OH is 1. The first kappa shape index (κ1) is 23.3. The van der Waals surface area contributed by atoms with Crippen molar-refractivity contribution >= 4 is 34.7 Å². The van der Waals surface area contributed by atoms with E-state index in [1.165, 1.54) is 31.4 Å². The standard InChI is InChI=1S/C25H18ClF2NO5/c1-12-9-16(24(34-2)17(26)10-12)22(31)20-21(13-3-6-15(30)7-4-13)29(25(33)23(20)32)14-5-8-18(27)19(28)11-14/h3-11,21,30-31H,1-2H3/b22-20+. The van der Waals surface area contributed by atoms with E-state index in [2.05, 4.69) is 0 Å². The molecule has 34 heavy (non-hydrogen) atoms. The van der Waals surface area contributed by atoms with Crippen molar-refractivity contribution in [3.05, 3.63) is 93.5 Å². The molecule has 0 aromatic heterocycles. The van der Waals surface area contributed by atoms with Gasteiger partial charge in [0.15, 0.2) is 11.6 Å². The van der Waals surface area contributed by atoms with Crippen molar-refractivity contribution in [3.8, 4) is 11.5 Å². The molecule has 0 aliphatic carbocycles. The van der Waals surface area contributed by atoms with Crippen molar-refractivity contribution in [3.63, 3.8) is 0 Å². The molecular weight excluding hydrogens is 468 g/mol. The van der Waals surface area contributed by atoms with Crippen molar-refractivity contribution in [2.24, 2.45) is 0 Å². The average Bonchev–Trinajstić information content (AvgIpc) is 3.06. The Morgan fingerprint density at radius 2 is 1.71 bits per heavy atom. The van der Waals surface area contributed by atoms with Gasteiger partial charge < -0.3 is 14.9 Å². The zero-order valence-electron chi connectivity index (χ0n) is 18.0. The lowest BCUT2D eigenvalue weighted by atomic mass is 9.94. The number of halogens is 3. The minimum absolute atomic E-state index is 0.0688. The number of aliphatic hydroxyl groups is 1. The Hall–Kier alpha value is -3.91. The quantitative estimate of drug-likeness (QED) is 0.299. The maximum Gasteiger partial charge on any atom is 0.300 e. The normalized spacial score (nSPS) is 17.3. The molecule has 2 N–H and O–H groups in total. The number of ether oxygens (including phenoxy) is 1. The zero-order chi connectivity index (χ0) is 24.7. The van der Waals surface area contributed by atoms with Crippen molar-refractivity contribution < 1.29 is 33.3 Å². The van der Waals surface area contributed by atoms with Gasteiger partial charge >= 0.3 is 0 Å². The Morgan fingerprint density at radius 3 is 2.32 bits per heavy atom. The highest BCUT2D eigenvalue weighted by Crippen LogP contribution is 2.44. The number of carbonyl (C=O) groups excluding carboxylic acids is 2. The van der Waals surface area contributed by atoms with E-state index >= 15 is 0 Å². The van der Waals surface area contributed by atoms with Gasteiger partial charge in [-0.1, -0.05) is 23.7 Å². The molecule has 1 amide bonds. The lowest BCUT2D eigenvalue weighted by Gasteiger charge is -2.25. The fraction of sp³-hybridized carbons (Fsp3) is 0.120. The van der Waals surface area contributed by atoms with E-state index in [-0.39, 0.29) is 33.3 Å². The van der Waals surface area contributed by atoms with Crippen LogP contribution in [0.15, 0.2) is 60.2 Å². The first-order chi connectivity index (χ1) is 16.1. The van der Waals surface area contributed by atoms with Crippen LogP contribution in [0.4, 0.5) is 14.5 Å². The molecule has 1 atom stereocenters. The number of phenols is 1. The number of aryl methyl sites for hydroxylation is 1. The first-order valence-corrected chi connectivity index (χ1v) is 10.4. The third-order valence-corrected chi connectivity index (χ3v) is 5.76. The summed E-state index contributed by atoms with van der Waals surface area (Å²) < 4.78 is 32.9. The molecule has 0 bridgehead atoms. The first-order valence-electron chi connectivity index (χ1n) is 10.0. The molecule has 3 aromatic rings. The highest BCUT2D eigenvalue weighted by Gasteiger charge is 2.47. The van der Waals surface area contributed by atoms with Crippen LogP contribution in [0.3, 0.4) is 0 Å². The number of methoxy groups -OCH3 is 1. The van der Waals surface area contributed by atoms with Gasteiger partial charge in [-0.05, 0) is 54.4 Å². The number of carbonyl (C=O) groups is 2. The fourth-order valence-corrected chi connectivity index (χ4v) is 4.31. The molecular formula is C25H18ClF2NO5. The maximum atomic E-state index is 14.0. The molecule has 0 saturated carbocycles. The number of amides is 1. The average molecular weight is 486 g/mol. The Kier molecular flexibility index (Phi) is 6.01. The summed E-state index contributed by atoms with van der Waals surface area (Å²) in [5.74, 6) is -4.96. The second-order valence-electron chi connectivity index (χ2n) is 7.69. The molecule has 1 aliphatic heterocycles. The van der Waals surface area contributed by atoms with Gasteiger partial charge in [-0.25, -0.2) is 8.78 Å². The number of Topliss-reactive ketones (excluding diaryl/α,β-unsaturated/α-hetero) is 1. The van der Waals surface area contributed by atoms with Gasteiger partial charge in [-0.15, -0.1) is 0 Å². The molecule has 3 aromatic carbocycles. The van der Waals surface area contributed by atoms with E-state index < -0.39 is 35.1 Å². The summed E-state index contributed by atoms with van der Waals surface area (Å²) in [4.78, 5) is 27.2. The molecule has 6 nitrogen and oxygen atoms in total. The number of phenolic OH excluding ortho intramolecular Hbond substituents is 1. The monoisotopic (exact) mass is 485 g/mol. The van der Waals surface area contributed by atoms with Crippen molar-refractivity contribution in [2.45, 2.75) is 13.0 Å². The Morgan fingerprint density at radius 1 is 1.03 bits per heavy atom. The Bertz CT molecular complexity index is 1350. The highest BCUT2D eigenvalue weighted by atomic mass is 35.5. The predicted molar refractivity (Wildman–Crippen MR) is 122 cm³/mol. The summed E-state index contributed by atoms with van der Waals surface area (Å²) in [5.41, 5.74) is 0.677. The third-order valence-electron chi connectivity index (χ3n) is 5.48. The number of anilines is 1. The molecule has 1 aliphatic rings. The summed E-state index contributed by atoms with van der Waals surface area (Å²) in [6, 6.07) is 10.3. The lowest BCUT2D eigenvalue weighted by Crippen LogP contribution is -2.29. The van der Waals surface area contributed by atoms with E-state index in [0.29, 0.717) is 11.1 Å². The molecule has 1 unspecified atom stereocenters. The molecule has 174 valence electrons. The topological polar surface area (TPSA) is 87.1 Å². The third kappa shape index (κ3) is 3.86. The Balaban J connectivity index is 2.01. The van der Waals surface area contributed by atoms with Gasteiger partial charge in [0.05, 0.1) is 29.3 Å². The van der Waals surface area contributed by atoms with Crippen LogP contribution in [-0.2, 0) is 9.59 Å². The van der Waals surface area contributed by atoms with Crippen LogP contribution in [0.2, 0.25) is 5.02 Å². The van der Waals surface area contributed by atoms with E-state index in [1.807, 2.05) is 0 Å². The number of nitrogens with zero attached hydrogens (tertiary/aromatic N) is 1. The van der Waals surface area contributed by atoms with Crippen molar-refractivity contribution in [1.82, 2.24) is 0 Å². The van der Waals surface area contributed by atoms with Crippen molar-refractivity contribution in [2.75, 3.05) is 12.0 Å². The summed E-state index contributed by atoms with van der Waals surface area (Å²) in [6.45, 7) is 1.72. The van der Waals surface area contributed by atoms with Gasteiger partial charge in [-0.2, -0.15) is 0 Å². The summed E-state index contributed by atoms with van der Waals surface area (Å²) in [6.07, 6.45) is 0. The zero-order valence-corrected chi connectivity index (χ0v) is 18.7. The number of rotatable bonds is 4. The van der Waals surface area contributed by atoms with Crippen LogP contribution in [0.5, 0.6) is 11.5 Å². The summed E-state index contributed by atoms with van der Waals surface area (Å²) in [7, 11) is 1.34. The molecule has 4 rings (SSSR count). The van der Waals surface area contributed by atoms with Crippen LogP contribution in [-0.4, -0.2) is 29.0 Å². The molecule has 1 saturated heterocycles. The van der Waals surface area contributed by atoms with E-state index in [4.69, 9.17) is 16.3 Å². The van der Waals surface area contributed by atoms with Gasteiger partial charge in [0.25, 0.3) is 11.7 Å². The SMILES string of the molecule is COc1c(Cl)cc(C)cc1/C(O)=C1\C(=O)C(=O)N(c2ccc(F)c(F)c2)C1c1ccc(O)cc1. The molecule has 0 radical (unpaired) electrons. The maximum absolute atomic E-state index is 14.0. The van der Waals surface area contributed by atoms with E-state index in [0.717, 1.165) is 23.1 Å². The van der Waals surface area contributed by atoms with Crippen molar-refractivity contribution in [1.29, 1.82) is 0 Å². The second-order valence-corrected chi connectivity index (χ2v) is 8.09. The molecule has 9 heteroatoms. The Labute approximate surface area is 198 Å². The van der Waals surface area contributed by atoms with Crippen LogP contribution >= 0.6 is 11.6 Å². The smallest absolute Gasteiger partial charge is 0.300 e. The number of hydrogen-bond donors (Lipinski definition) is 2. The number of hydrogen-bond acceptors (Lipinski definition) is 5. The largest absolute Gasteiger partial charge is 0.508 e. The van der Waals surface area contributed by atoms with E-state index in [9.17, 15) is 28.6 Å². The second kappa shape index (κ2) is 8.79. The fourth-order valence-electron chi connectivity index (χ4n) is 3.96. The van der Waals surface area contributed by atoms with Gasteiger partial charge in [0.1, 0.15) is 17.3 Å². The minimum atomic E-state index is -1.21. The summed E-state index contributed by atoms with van der Waals surface area (Å²) >= 11 is 6.25. The number of benzene rings is 3. The van der Waals surface area contributed by atoms with Gasteiger partial charge in [-0.3, -0.25) is 14.5 Å². The molecule has 1 fully saturated rings. The highest BCUT2D eigenvalue weighted by molar-refractivity contribution is 6.51. The van der Waals surface area contributed by atoms with E-state index in [1.54, 1.807) is 19.1 Å². The minimum Gasteiger partial charge on any atom is -0.508 e. The van der Waals surface area contributed by atoms with Crippen LogP contribution in [0.25, 0.3) is 5.76 Å². The van der Waals surface area contributed by atoms with Crippen LogP contribution in [0, 0.1) is 18.6 Å². The molecule has 0 spiro atoms. The van der Waals surface area contributed by atoms with Crippen LogP contribution < -0.4 is 9.64 Å². The summed E-state index contributed by atoms with van der Waals surface area (Å²) in [5, 5.41) is 21.2. The van der Waals surface area contributed by atoms with Gasteiger partial charge in [0.2, 0.25) is 0 Å². The number of ketones is 1. The van der Waals surface area contributed by atoms with Crippen LogP contribution in [0.1, 0.15) is 22.7 Å².